The maximum Gasteiger partial charge on any atom is 0.101 e. The van der Waals surface area contributed by atoms with Gasteiger partial charge in [-0.25, -0.2) is 5.01 Å². The van der Waals surface area contributed by atoms with Gasteiger partial charge in [0, 0.05) is 4.47 Å². The predicted octanol–water partition coefficient (Wildman–Crippen LogP) is 4.38. The van der Waals surface area contributed by atoms with Crippen molar-refractivity contribution in [2.45, 2.75) is 6.04 Å². The number of benzene rings is 2. The zero-order valence-electron chi connectivity index (χ0n) is 9.70. The first-order chi connectivity index (χ1) is 8.84. The Morgan fingerprint density at radius 3 is 2.44 bits per heavy atom. The third kappa shape index (κ3) is 2.16. The van der Waals surface area contributed by atoms with Crippen molar-refractivity contribution in [1.82, 2.24) is 0 Å². The highest BCUT2D eigenvalue weighted by atomic mass is 79.9. The summed E-state index contributed by atoms with van der Waals surface area (Å²) in [5.41, 5.74) is 2.30. The third-order valence-electron chi connectivity index (χ3n) is 2.98. The van der Waals surface area contributed by atoms with E-state index in [1.165, 1.54) is 5.56 Å². The molecule has 0 spiro atoms. The van der Waals surface area contributed by atoms with Crippen molar-refractivity contribution in [1.29, 1.82) is 0 Å². The number of rotatable bonds is 2. The maximum absolute atomic E-state index is 4.24. The number of anilines is 1. The van der Waals surface area contributed by atoms with Gasteiger partial charge in [-0.1, -0.05) is 51.5 Å². The van der Waals surface area contributed by atoms with Crippen molar-refractivity contribution >= 4 is 21.6 Å². The van der Waals surface area contributed by atoms with Crippen molar-refractivity contribution in [2.75, 3.05) is 11.6 Å². The Morgan fingerprint density at radius 1 is 1.00 bits per heavy atom. The minimum absolute atomic E-state index is 0.201. The summed E-state index contributed by atoms with van der Waals surface area (Å²) in [5, 5.41) is 10.4. The molecule has 0 N–H and O–H groups in total. The van der Waals surface area contributed by atoms with Crippen molar-refractivity contribution in [2.24, 2.45) is 10.3 Å². The standard InChI is InChI=1S/C14H12BrN3/c15-12-6-8-13(9-7-12)18-14(10-16-17-18)11-4-2-1-3-5-11/h1-9,14H,10H2/t14-/m0/s1. The van der Waals surface area contributed by atoms with E-state index in [0.29, 0.717) is 6.54 Å². The molecule has 0 saturated carbocycles. The number of nitrogens with zero attached hydrogens (tertiary/aromatic N) is 3. The molecule has 90 valence electrons. The van der Waals surface area contributed by atoms with Crippen LogP contribution in [0.1, 0.15) is 11.6 Å². The lowest BCUT2D eigenvalue weighted by molar-refractivity contribution is 0.732. The molecule has 0 radical (unpaired) electrons. The second kappa shape index (κ2) is 4.90. The fourth-order valence-electron chi connectivity index (χ4n) is 2.07. The summed E-state index contributed by atoms with van der Waals surface area (Å²) in [6.07, 6.45) is 0. The molecule has 1 heterocycles. The Bertz CT molecular complexity index is 551. The molecule has 2 aromatic carbocycles. The monoisotopic (exact) mass is 301 g/mol. The van der Waals surface area contributed by atoms with Gasteiger partial charge in [-0.15, -0.1) is 0 Å². The van der Waals surface area contributed by atoms with Gasteiger partial charge in [0.15, 0.2) is 0 Å². The van der Waals surface area contributed by atoms with Gasteiger partial charge < -0.3 is 0 Å². The number of hydrogen-bond donors (Lipinski definition) is 0. The first kappa shape index (κ1) is 11.4. The Balaban J connectivity index is 1.91. The molecule has 0 unspecified atom stereocenters. The van der Waals surface area contributed by atoms with Crippen molar-refractivity contribution in [3.8, 4) is 0 Å². The predicted molar refractivity (Wildman–Crippen MR) is 75.5 cm³/mol. The van der Waals surface area contributed by atoms with Crippen LogP contribution in [0.4, 0.5) is 5.69 Å². The molecule has 0 fully saturated rings. The van der Waals surface area contributed by atoms with Gasteiger partial charge in [0.05, 0.1) is 12.2 Å². The van der Waals surface area contributed by atoms with Gasteiger partial charge in [-0.3, -0.25) is 0 Å². The summed E-state index contributed by atoms with van der Waals surface area (Å²) in [5.74, 6) is 0. The lowest BCUT2D eigenvalue weighted by Crippen LogP contribution is -2.20. The van der Waals surface area contributed by atoms with Crippen LogP contribution in [-0.4, -0.2) is 6.54 Å². The van der Waals surface area contributed by atoms with Crippen molar-refractivity contribution in [3.63, 3.8) is 0 Å². The van der Waals surface area contributed by atoms with E-state index in [-0.39, 0.29) is 6.04 Å². The molecule has 3 rings (SSSR count). The highest BCUT2D eigenvalue weighted by Gasteiger charge is 2.25. The largest absolute Gasteiger partial charge is 0.238 e. The SMILES string of the molecule is Brc1ccc(N2N=NC[C@H]2c2ccccc2)cc1. The molecule has 1 aliphatic rings. The normalized spacial score (nSPS) is 18.3. The Labute approximate surface area is 114 Å². The highest BCUT2D eigenvalue weighted by molar-refractivity contribution is 9.10. The molecule has 2 aromatic rings. The second-order valence-electron chi connectivity index (χ2n) is 4.16. The summed E-state index contributed by atoms with van der Waals surface area (Å²) in [7, 11) is 0. The van der Waals surface area contributed by atoms with Crippen LogP contribution >= 0.6 is 15.9 Å². The first-order valence-electron chi connectivity index (χ1n) is 5.82. The topological polar surface area (TPSA) is 28.0 Å². The van der Waals surface area contributed by atoms with Crippen molar-refractivity contribution in [3.05, 3.63) is 64.6 Å². The fraction of sp³-hybridized carbons (Fsp3) is 0.143. The average molecular weight is 302 g/mol. The molecule has 0 amide bonds. The van der Waals surface area contributed by atoms with E-state index in [0.717, 1.165) is 10.2 Å². The smallest absolute Gasteiger partial charge is 0.101 e. The Morgan fingerprint density at radius 2 is 1.72 bits per heavy atom. The van der Waals surface area contributed by atoms with E-state index in [2.05, 4.69) is 38.4 Å². The van der Waals surface area contributed by atoms with Crippen LogP contribution in [0.2, 0.25) is 0 Å². The molecule has 18 heavy (non-hydrogen) atoms. The fourth-order valence-corrected chi connectivity index (χ4v) is 2.33. The van der Waals surface area contributed by atoms with Crippen LogP contribution < -0.4 is 5.01 Å². The lowest BCUT2D eigenvalue weighted by atomic mass is 10.1. The van der Waals surface area contributed by atoms with Gasteiger partial charge >= 0.3 is 0 Å². The molecule has 3 nitrogen and oxygen atoms in total. The van der Waals surface area contributed by atoms with Crippen LogP contribution in [0.15, 0.2) is 69.4 Å². The lowest BCUT2D eigenvalue weighted by Gasteiger charge is -2.22. The van der Waals surface area contributed by atoms with E-state index in [9.17, 15) is 0 Å². The quantitative estimate of drug-likeness (QED) is 0.809. The van der Waals surface area contributed by atoms with Crippen LogP contribution in [0.5, 0.6) is 0 Å². The van der Waals surface area contributed by atoms with Gasteiger partial charge in [-0.2, -0.15) is 5.11 Å². The molecule has 0 aliphatic carbocycles. The molecular formula is C14H12BrN3. The summed E-state index contributed by atoms with van der Waals surface area (Å²) in [6, 6.07) is 18.7. The van der Waals surface area contributed by atoms with Gasteiger partial charge in [0.2, 0.25) is 0 Å². The van der Waals surface area contributed by atoms with Gasteiger partial charge in [0.25, 0.3) is 0 Å². The molecule has 4 heteroatoms. The minimum atomic E-state index is 0.201. The summed E-state index contributed by atoms with van der Waals surface area (Å²) in [6.45, 7) is 0.708. The van der Waals surface area contributed by atoms with Gasteiger partial charge in [-0.05, 0) is 29.8 Å². The Hall–Kier alpha value is -1.68. The van der Waals surface area contributed by atoms with E-state index >= 15 is 0 Å². The Kier molecular flexibility index (Phi) is 3.11. The molecule has 0 bridgehead atoms. The second-order valence-corrected chi connectivity index (χ2v) is 5.08. The minimum Gasteiger partial charge on any atom is -0.238 e. The summed E-state index contributed by atoms with van der Waals surface area (Å²) >= 11 is 3.44. The molecule has 1 aliphatic heterocycles. The number of halogens is 1. The number of hydrogen-bond acceptors (Lipinski definition) is 3. The van der Waals surface area contributed by atoms with E-state index in [1.807, 2.05) is 47.5 Å². The van der Waals surface area contributed by atoms with Crippen LogP contribution in [0.3, 0.4) is 0 Å². The van der Waals surface area contributed by atoms with Crippen LogP contribution in [0, 0.1) is 0 Å². The van der Waals surface area contributed by atoms with E-state index < -0.39 is 0 Å². The molecular weight excluding hydrogens is 290 g/mol. The third-order valence-corrected chi connectivity index (χ3v) is 3.51. The van der Waals surface area contributed by atoms with E-state index in [4.69, 9.17) is 0 Å². The molecule has 0 saturated heterocycles. The first-order valence-corrected chi connectivity index (χ1v) is 6.61. The van der Waals surface area contributed by atoms with Crippen molar-refractivity contribution < 1.29 is 0 Å². The maximum atomic E-state index is 4.24. The van der Waals surface area contributed by atoms with Crippen LogP contribution in [0.25, 0.3) is 0 Å². The van der Waals surface area contributed by atoms with E-state index in [1.54, 1.807) is 0 Å². The summed E-state index contributed by atoms with van der Waals surface area (Å²) < 4.78 is 1.07. The van der Waals surface area contributed by atoms with Crippen LogP contribution in [-0.2, 0) is 0 Å². The van der Waals surface area contributed by atoms with Gasteiger partial charge in [0.1, 0.15) is 6.04 Å². The molecule has 0 aromatic heterocycles. The average Bonchev–Trinajstić information content (AvgIpc) is 2.90. The highest BCUT2D eigenvalue weighted by Crippen LogP contribution is 2.32. The zero-order chi connectivity index (χ0) is 12.4. The summed E-state index contributed by atoms with van der Waals surface area (Å²) in [4.78, 5) is 0. The molecule has 1 atom stereocenters. The zero-order valence-corrected chi connectivity index (χ0v) is 11.3.